The molecule has 0 bridgehead atoms. The fraction of sp³-hybridized carbons (Fsp3) is 0.562. The summed E-state index contributed by atoms with van der Waals surface area (Å²) in [5, 5.41) is 14.5. The van der Waals surface area contributed by atoms with Crippen molar-refractivity contribution in [1.29, 1.82) is 0 Å². The van der Waals surface area contributed by atoms with Crippen LogP contribution >= 0.6 is 0 Å². The number of nitro groups is 1. The molecule has 0 amide bonds. The second-order valence-electron chi connectivity index (χ2n) is 6.92. The van der Waals surface area contributed by atoms with E-state index in [4.69, 9.17) is 10.3 Å². The van der Waals surface area contributed by atoms with E-state index in [-0.39, 0.29) is 17.3 Å². The second-order valence-corrected chi connectivity index (χ2v) is 6.92. The lowest BCUT2D eigenvalue weighted by Gasteiger charge is -2.20. The van der Waals surface area contributed by atoms with Crippen LogP contribution in [0.5, 0.6) is 0 Å². The predicted molar refractivity (Wildman–Crippen MR) is 85.3 cm³/mol. The highest BCUT2D eigenvalue weighted by Crippen LogP contribution is 2.51. The van der Waals surface area contributed by atoms with Crippen molar-refractivity contribution in [3.63, 3.8) is 0 Å². The van der Waals surface area contributed by atoms with Crippen molar-refractivity contribution in [2.24, 2.45) is 17.0 Å². The van der Waals surface area contributed by atoms with E-state index in [1.807, 2.05) is 6.92 Å². The molecule has 0 spiro atoms. The van der Waals surface area contributed by atoms with Gasteiger partial charge >= 0.3 is 5.97 Å². The first kappa shape index (κ1) is 16.3. The number of carbonyl (C=O) groups is 1. The molecule has 126 valence electrons. The summed E-state index contributed by atoms with van der Waals surface area (Å²) in [5.74, 6) is 0.373. The summed E-state index contributed by atoms with van der Waals surface area (Å²) in [6.45, 7) is 1.98. The Bertz CT molecular complexity index is 697. The Balaban J connectivity index is 1.58. The maximum Gasteiger partial charge on any atom is 0.338 e. The molecule has 8 heteroatoms. The first-order valence-corrected chi connectivity index (χ1v) is 7.92. The van der Waals surface area contributed by atoms with Gasteiger partial charge in [-0.25, -0.2) is 4.79 Å². The lowest BCUT2D eigenvalue weighted by Crippen LogP contribution is -2.21. The number of non-ortho nitro benzene ring substituents is 1. The molecule has 0 aromatic heterocycles. The molecule has 3 rings (SSSR count). The Kier molecular flexibility index (Phi) is 4.15. The van der Waals surface area contributed by atoms with Gasteiger partial charge in [-0.15, -0.1) is 0 Å². The topological polar surface area (TPSA) is 118 Å². The number of ether oxygens (including phenoxy) is 1. The maximum absolute atomic E-state index is 12.2. The number of benzene rings is 1. The van der Waals surface area contributed by atoms with E-state index in [1.54, 1.807) is 0 Å². The zero-order valence-corrected chi connectivity index (χ0v) is 13.3. The molecule has 0 heterocycles. The molecule has 0 radical (unpaired) electrons. The van der Waals surface area contributed by atoms with E-state index < -0.39 is 10.9 Å². The summed E-state index contributed by atoms with van der Waals surface area (Å²) in [4.78, 5) is 25.2. The van der Waals surface area contributed by atoms with Crippen molar-refractivity contribution in [2.45, 2.75) is 44.2 Å². The molecule has 0 N–H and O–H groups in total. The van der Waals surface area contributed by atoms with Gasteiger partial charge in [-0.05, 0) is 55.2 Å². The largest absolute Gasteiger partial charge is 0.459 e. The number of rotatable bonds is 4. The number of nitro benzene ring substituents is 1. The van der Waals surface area contributed by atoms with Crippen LogP contribution in [0.4, 0.5) is 5.69 Å². The van der Waals surface area contributed by atoms with Gasteiger partial charge in [0.15, 0.2) is 0 Å². The number of hydrogen-bond donors (Lipinski definition) is 0. The maximum atomic E-state index is 12.2. The first-order valence-electron chi connectivity index (χ1n) is 7.92. The smallest absolute Gasteiger partial charge is 0.338 e. The number of nitrogens with zero attached hydrogens (tertiary/aromatic N) is 4. The summed E-state index contributed by atoms with van der Waals surface area (Å²) in [6, 6.07) is 5.42. The Morgan fingerprint density at radius 2 is 1.92 bits per heavy atom. The number of azide groups is 1. The van der Waals surface area contributed by atoms with Crippen LogP contribution in [0.25, 0.3) is 10.4 Å². The average molecular weight is 330 g/mol. The third-order valence-electron chi connectivity index (χ3n) is 5.08. The summed E-state index contributed by atoms with van der Waals surface area (Å²) in [5.41, 5.74) is 8.59. The standard InChI is InChI=1S/C16H18N4O4/c1-16(18-19-17)8-11-6-14(7-12(11)9-16)24-15(21)10-2-4-13(5-3-10)20(22)23/h2-5,11-12,14H,6-9H2,1H3/t11-,12+,14?,16-. The van der Waals surface area contributed by atoms with Crippen molar-refractivity contribution in [3.8, 4) is 0 Å². The molecule has 0 saturated heterocycles. The van der Waals surface area contributed by atoms with Crippen LogP contribution in [0.3, 0.4) is 0 Å². The van der Waals surface area contributed by atoms with Crippen molar-refractivity contribution in [3.05, 3.63) is 50.4 Å². The fourth-order valence-electron chi connectivity index (χ4n) is 4.09. The van der Waals surface area contributed by atoms with Crippen LogP contribution in [-0.4, -0.2) is 22.5 Å². The minimum atomic E-state index is -0.506. The minimum absolute atomic E-state index is 0.0562. The number of hydrogen-bond acceptors (Lipinski definition) is 5. The van der Waals surface area contributed by atoms with E-state index in [0.717, 1.165) is 25.7 Å². The van der Waals surface area contributed by atoms with Crippen molar-refractivity contribution >= 4 is 11.7 Å². The quantitative estimate of drug-likeness (QED) is 0.207. The predicted octanol–water partition coefficient (Wildman–Crippen LogP) is 4.01. The van der Waals surface area contributed by atoms with Crippen LogP contribution in [0.15, 0.2) is 29.4 Å². The van der Waals surface area contributed by atoms with E-state index in [2.05, 4.69) is 10.0 Å². The van der Waals surface area contributed by atoms with Crippen LogP contribution in [0.2, 0.25) is 0 Å². The second kappa shape index (κ2) is 6.13. The summed E-state index contributed by atoms with van der Waals surface area (Å²) in [7, 11) is 0. The highest BCUT2D eigenvalue weighted by atomic mass is 16.6. The molecule has 4 atom stereocenters. The lowest BCUT2D eigenvalue weighted by atomic mass is 9.97. The van der Waals surface area contributed by atoms with Gasteiger partial charge in [0.25, 0.3) is 5.69 Å². The van der Waals surface area contributed by atoms with Gasteiger partial charge in [0.1, 0.15) is 6.10 Å². The van der Waals surface area contributed by atoms with E-state index in [1.165, 1.54) is 24.3 Å². The molecule has 8 nitrogen and oxygen atoms in total. The van der Waals surface area contributed by atoms with E-state index in [9.17, 15) is 14.9 Å². The highest BCUT2D eigenvalue weighted by Gasteiger charge is 2.47. The highest BCUT2D eigenvalue weighted by molar-refractivity contribution is 5.89. The third kappa shape index (κ3) is 3.19. The molecule has 24 heavy (non-hydrogen) atoms. The molecular formula is C16H18N4O4. The molecule has 1 aromatic rings. The SMILES string of the molecule is C[C@@]1(N=[N+]=[N-])C[C@H]2CC(OC(=O)c3ccc([N+](=O)[O-])cc3)C[C@H]2C1. The van der Waals surface area contributed by atoms with Gasteiger partial charge in [0, 0.05) is 22.6 Å². The van der Waals surface area contributed by atoms with Crippen LogP contribution in [-0.2, 0) is 4.74 Å². The molecule has 2 aliphatic carbocycles. The zero-order chi connectivity index (χ0) is 17.3. The minimum Gasteiger partial charge on any atom is -0.459 e. The summed E-state index contributed by atoms with van der Waals surface area (Å²) < 4.78 is 5.55. The van der Waals surface area contributed by atoms with Crippen LogP contribution in [0.1, 0.15) is 43.0 Å². The first-order chi connectivity index (χ1) is 11.4. The molecule has 0 aliphatic heterocycles. The van der Waals surface area contributed by atoms with Crippen LogP contribution in [0, 0.1) is 22.0 Å². The Labute approximate surface area is 138 Å². The van der Waals surface area contributed by atoms with Gasteiger partial charge in [-0.2, -0.15) is 0 Å². The Morgan fingerprint density at radius 3 is 2.42 bits per heavy atom. The van der Waals surface area contributed by atoms with Gasteiger partial charge in [-0.3, -0.25) is 10.1 Å². The van der Waals surface area contributed by atoms with Crippen molar-refractivity contribution < 1.29 is 14.5 Å². The normalized spacial score (nSPS) is 31.1. The number of fused-ring (bicyclic) bond motifs is 1. The third-order valence-corrected chi connectivity index (χ3v) is 5.08. The van der Waals surface area contributed by atoms with Crippen molar-refractivity contribution in [2.75, 3.05) is 0 Å². The van der Waals surface area contributed by atoms with E-state index >= 15 is 0 Å². The molecular weight excluding hydrogens is 312 g/mol. The molecule has 2 fully saturated rings. The number of esters is 1. The van der Waals surface area contributed by atoms with Gasteiger partial charge in [0.2, 0.25) is 0 Å². The summed E-state index contributed by atoms with van der Waals surface area (Å²) in [6.07, 6.45) is 3.07. The van der Waals surface area contributed by atoms with Gasteiger partial charge in [0.05, 0.1) is 10.5 Å². The molecule has 1 unspecified atom stereocenters. The Hall–Kier alpha value is -2.60. The molecule has 2 saturated carbocycles. The average Bonchev–Trinajstić information content (AvgIpc) is 3.01. The lowest BCUT2D eigenvalue weighted by molar-refractivity contribution is -0.384. The van der Waals surface area contributed by atoms with Gasteiger partial charge in [-0.1, -0.05) is 12.0 Å². The van der Waals surface area contributed by atoms with Gasteiger partial charge < -0.3 is 4.74 Å². The molecule has 1 aromatic carbocycles. The summed E-state index contributed by atoms with van der Waals surface area (Å²) >= 11 is 0. The molecule has 2 aliphatic rings. The van der Waals surface area contributed by atoms with E-state index in [0.29, 0.717) is 17.4 Å². The fourth-order valence-corrected chi connectivity index (χ4v) is 4.09. The monoisotopic (exact) mass is 330 g/mol. The number of carbonyl (C=O) groups excluding carboxylic acids is 1. The Morgan fingerprint density at radius 1 is 1.33 bits per heavy atom. The van der Waals surface area contributed by atoms with Crippen molar-refractivity contribution in [1.82, 2.24) is 0 Å². The zero-order valence-electron chi connectivity index (χ0n) is 13.3. The van der Waals surface area contributed by atoms with Crippen LogP contribution < -0.4 is 0 Å².